The number of anilines is 1. The minimum atomic E-state index is -4.05. The summed E-state index contributed by atoms with van der Waals surface area (Å²) in [6.07, 6.45) is 0. The molecule has 0 saturated carbocycles. The lowest BCUT2D eigenvalue weighted by Gasteiger charge is -2.18. The van der Waals surface area contributed by atoms with Crippen molar-refractivity contribution in [2.75, 3.05) is 18.9 Å². The van der Waals surface area contributed by atoms with Crippen LogP contribution in [0.4, 0.5) is 5.69 Å². The van der Waals surface area contributed by atoms with Crippen molar-refractivity contribution in [2.45, 2.75) is 18.7 Å². The molecular weight excluding hydrogens is 420 g/mol. The van der Waals surface area contributed by atoms with Gasteiger partial charge in [0.05, 0.1) is 22.3 Å². The Kier molecular flexibility index (Phi) is 5.88. The Labute approximate surface area is 179 Å². The van der Waals surface area contributed by atoms with E-state index >= 15 is 0 Å². The molecule has 1 aromatic heterocycles. The largest absolute Gasteiger partial charge is 0.330 e. The van der Waals surface area contributed by atoms with Crippen LogP contribution in [0.1, 0.15) is 11.1 Å². The number of likely N-dealkylation sites (N-methyl/N-ethyl adjacent to an activating group) is 1. The maximum atomic E-state index is 13.0. The van der Waals surface area contributed by atoms with E-state index in [1.165, 1.54) is 43.9 Å². The first-order valence-electron chi connectivity index (χ1n) is 9.46. The Morgan fingerprint density at radius 1 is 1.00 bits per heavy atom. The van der Waals surface area contributed by atoms with Gasteiger partial charge in [-0.05, 0) is 55.3 Å². The summed E-state index contributed by atoms with van der Waals surface area (Å²) in [5.74, 6) is -0.492. The highest BCUT2D eigenvalue weighted by molar-refractivity contribution is 7.89. The van der Waals surface area contributed by atoms with Gasteiger partial charge in [-0.1, -0.05) is 6.07 Å². The number of aromatic nitrogens is 2. The van der Waals surface area contributed by atoms with Gasteiger partial charge in [0.1, 0.15) is 0 Å². The monoisotopic (exact) mass is 444 g/mol. The Balaban J connectivity index is 1.89. The van der Waals surface area contributed by atoms with Gasteiger partial charge in [-0.15, -0.1) is 0 Å². The summed E-state index contributed by atoms with van der Waals surface area (Å²) in [5, 5.41) is 2.78. The number of nitrogens with one attached hydrogen (secondary N) is 1. The molecule has 9 nitrogen and oxygen atoms in total. The smallest absolute Gasteiger partial charge is 0.325 e. The predicted molar refractivity (Wildman–Crippen MR) is 119 cm³/mol. The SMILES string of the molecule is Cc1ccc(NC(=O)CN(C)S(=O)(=O)c2ccc3c(c2)c(=O)n(C)c(=O)n3C)cc1C. The number of fused-ring (bicyclic) bond motifs is 1. The summed E-state index contributed by atoms with van der Waals surface area (Å²) in [4.78, 5) is 36.8. The van der Waals surface area contributed by atoms with E-state index in [1.54, 1.807) is 6.07 Å². The number of hydrogen-bond acceptors (Lipinski definition) is 5. The third-order valence-electron chi connectivity index (χ3n) is 5.30. The van der Waals surface area contributed by atoms with Gasteiger partial charge < -0.3 is 5.32 Å². The summed E-state index contributed by atoms with van der Waals surface area (Å²) in [6, 6.07) is 9.38. The molecule has 3 aromatic rings. The summed E-state index contributed by atoms with van der Waals surface area (Å²) < 4.78 is 29.1. The number of aryl methyl sites for hydroxylation is 3. The van der Waals surface area contributed by atoms with Crippen LogP contribution in [0.25, 0.3) is 10.9 Å². The minimum Gasteiger partial charge on any atom is -0.325 e. The molecule has 1 heterocycles. The van der Waals surface area contributed by atoms with Gasteiger partial charge in [-0.2, -0.15) is 4.31 Å². The van der Waals surface area contributed by atoms with E-state index in [2.05, 4.69) is 5.32 Å². The fourth-order valence-electron chi connectivity index (χ4n) is 3.22. The highest BCUT2D eigenvalue weighted by Gasteiger charge is 2.24. The van der Waals surface area contributed by atoms with Crippen LogP contribution < -0.4 is 16.6 Å². The number of carbonyl (C=O) groups is 1. The summed E-state index contributed by atoms with van der Waals surface area (Å²) >= 11 is 0. The van der Waals surface area contributed by atoms with Crippen LogP contribution in [0, 0.1) is 13.8 Å². The van der Waals surface area contributed by atoms with Crippen LogP contribution in [-0.2, 0) is 28.9 Å². The molecule has 1 N–H and O–H groups in total. The molecule has 10 heteroatoms. The predicted octanol–water partition coefficient (Wildman–Crippen LogP) is 1.11. The molecule has 31 heavy (non-hydrogen) atoms. The quantitative estimate of drug-likeness (QED) is 0.634. The molecule has 0 radical (unpaired) electrons. The van der Waals surface area contributed by atoms with Gasteiger partial charge in [-0.25, -0.2) is 13.2 Å². The van der Waals surface area contributed by atoms with Crippen LogP contribution in [0.2, 0.25) is 0 Å². The van der Waals surface area contributed by atoms with E-state index in [9.17, 15) is 22.8 Å². The zero-order valence-electron chi connectivity index (χ0n) is 18.0. The second-order valence-electron chi connectivity index (χ2n) is 7.49. The maximum absolute atomic E-state index is 13.0. The number of benzene rings is 2. The van der Waals surface area contributed by atoms with Crippen molar-refractivity contribution in [3.63, 3.8) is 0 Å². The van der Waals surface area contributed by atoms with E-state index in [0.29, 0.717) is 11.2 Å². The minimum absolute atomic E-state index is 0.0960. The third kappa shape index (κ3) is 4.17. The van der Waals surface area contributed by atoms with E-state index in [4.69, 9.17) is 0 Å². The van der Waals surface area contributed by atoms with Gasteiger partial charge in [-0.3, -0.25) is 18.7 Å². The molecule has 0 aliphatic rings. The van der Waals surface area contributed by atoms with E-state index in [0.717, 1.165) is 20.0 Å². The standard InChI is InChI=1S/C21H24N4O5S/c1-13-6-7-15(10-14(13)2)22-19(26)12-23(3)31(29,30)16-8-9-18-17(11-16)20(27)25(5)21(28)24(18)4/h6-11H,12H2,1-5H3,(H,22,26). The lowest BCUT2D eigenvalue weighted by molar-refractivity contribution is -0.116. The van der Waals surface area contributed by atoms with Crippen molar-refractivity contribution in [3.05, 3.63) is 68.4 Å². The molecular formula is C21H24N4O5S. The van der Waals surface area contributed by atoms with Crippen LogP contribution >= 0.6 is 0 Å². The Bertz CT molecular complexity index is 1420. The maximum Gasteiger partial charge on any atom is 0.330 e. The van der Waals surface area contributed by atoms with Crippen molar-refractivity contribution in [1.82, 2.24) is 13.4 Å². The molecule has 0 aliphatic carbocycles. The first-order valence-corrected chi connectivity index (χ1v) is 10.9. The Hall–Kier alpha value is -3.24. The first-order chi connectivity index (χ1) is 14.4. The molecule has 3 rings (SSSR count). The summed E-state index contributed by atoms with van der Waals surface area (Å²) in [5.41, 5.74) is 1.89. The fraction of sp³-hybridized carbons (Fsp3) is 0.286. The van der Waals surface area contributed by atoms with E-state index in [-0.39, 0.29) is 10.3 Å². The van der Waals surface area contributed by atoms with E-state index in [1.807, 2.05) is 26.0 Å². The number of carbonyl (C=O) groups excluding carboxylic acids is 1. The Morgan fingerprint density at radius 3 is 2.32 bits per heavy atom. The third-order valence-corrected chi connectivity index (χ3v) is 7.10. The van der Waals surface area contributed by atoms with Crippen LogP contribution in [0.15, 0.2) is 50.9 Å². The lowest BCUT2D eigenvalue weighted by atomic mass is 10.1. The summed E-state index contributed by atoms with van der Waals surface area (Å²) in [7, 11) is 0.0712. The number of nitrogens with zero attached hydrogens (tertiary/aromatic N) is 3. The average Bonchev–Trinajstić information content (AvgIpc) is 2.72. The van der Waals surface area contributed by atoms with Gasteiger partial charge >= 0.3 is 5.69 Å². The van der Waals surface area contributed by atoms with Gasteiger partial charge in [0.25, 0.3) is 5.56 Å². The molecule has 0 bridgehead atoms. The molecule has 0 fully saturated rings. The molecule has 0 saturated heterocycles. The molecule has 2 aromatic carbocycles. The average molecular weight is 445 g/mol. The van der Waals surface area contributed by atoms with Crippen LogP contribution in [-0.4, -0.2) is 41.4 Å². The van der Waals surface area contributed by atoms with Crippen molar-refractivity contribution >= 4 is 32.5 Å². The second-order valence-corrected chi connectivity index (χ2v) is 9.54. The number of sulfonamides is 1. The fourth-order valence-corrected chi connectivity index (χ4v) is 4.38. The molecule has 164 valence electrons. The van der Waals surface area contributed by atoms with Crippen molar-refractivity contribution in [2.24, 2.45) is 14.1 Å². The zero-order chi connectivity index (χ0) is 23.1. The molecule has 0 aliphatic heterocycles. The van der Waals surface area contributed by atoms with Gasteiger partial charge in [0, 0.05) is 26.8 Å². The molecule has 0 spiro atoms. The van der Waals surface area contributed by atoms with Crippen molar-refractivity contribution in [1.29, 1.82) is 0 Å². The van der Waals surface area contributed by atoms with Crippen molar-refractivity contribution < 1.29 is 13.2 Å². The lowest BCUT2D eigenvalue weighted by Crippen LogP contribution is -2.37. The molecule has 0 atom stereocenters. The zero-order valence-corrected chi connectivity index (χ0v) is 18.8. The number of rotatable bonds is 5. The van der Waals surface area contributed by atoms with Crippen LogP contribution in [0.3, 0.4) is 0 Å². The number of amides is 1. The molecule has 0 unspecified atom stereocenters. The van der Waals surface area contributed by atoms with Crippen molar-refractivity contribution in [3.8, 4) is 0 Å². The number of hydrogen-bond donors (Lipinski definition) is 1. The second kappa shape index (κ2) is 8.12. The van der Waals surface area contributed by atoms with E-state index < -0.39 is 33.7 Å². The van der Waals surface area contributed by atoms with Gasteiger partial charge in [0.2, 0.25) is 15.9 Å². The first kappa shape index (κ1) is 22.4. The van der Waals surface area contributed by atoms with Gasteiger partial charge in [0.15, 0.2) is 0 Å². The molecule has 1 amide bonds. The van der Waals surface area contributed by atoms with Crippen LogP contribution in [0.5, 0.6) is 0 Å². The highest BCUT2D eigenvalue weighted by Crippen LogP contribution is 2.19. The normalized spacial score (nSPS) is 11.8. The Morgan fingerprint density at radius 2 is 1.68 bits per heavy atom. The summed E-state index contributed by atoms with van der Waals surface area (Å²) in [6.45, 7) is 3.47. The highest BCUT2D eigenvalue weighted by atomic mass is 32.2. The topological polar surface area (TPSA) is 110 Å².